The molecule has 0 aromatic rings. The van der Waals surface area contributed by atoms with E-state index in [2.05, 4.69) is 0 Å². The molecule has 3 aliphatic heterocycles. The van der Waals surface area contributed by atoms with E-state index in [9.17, 15) is 0 Å². The number of rotatable bonds is 1. The number of hydrogen-bond acceptors (Lipinski definition) is 7. The van der Waals surface area contributed by atoms with Crippen molar-refractivity contribution >= 4 is 0 Å². The third-order valence-electron chi connectivity index (χ3n) is 3.75. The maximum atomic E-state index is 5.95. The lowest BCUT2D eigenvalue weighted by Gasteiger charge is -2.47. The van der Waals surface area contributed by atoms with Gasteiger partial charge in [-0.05, 0) is 20.8 Å². The van der Waals surface area contributed by atoms with Crippen molar-refractivity contribution in [1.82, 2.24) is 0 Å². The smallest absolute Gasteiger partial charge is 0.186 e. The monoisotopic (exact) mass is 290 g/mol. The van der Waals surface area contributed by atoms with Gasteiger partial charge in [-0.15, -0.1) is 0 Å². The predicted molar refractivity (Wildman–Crippen MR) is 65.7 cm³/mol. The lowest BCUT2D eigenvalue weighted by atomic mass is 9.97. The van der Waals surface area contributed by atoms with E-state index in [0.717, 1.165) is 0 Å². The molecule has 0 aromatic carbocycles. The standard InChI is InChI=1S/C13H22O7/c1-6-15-5-9-10(17-6)11-12(13(14-4)20-9)19-8(3)16-7(2)18-11/h6-13H,5H2,1-4H3/t6?,7?,8?,9-,10-,11+,12-,13+/m1/s1. The summed E-state index contributed by atoms with van der Waals surface area (Å²) in [7, 11) is 1.58. The molecule has 0 aromatic heterocycles. The first-order valence-corrected chi connectivity index (χ1v) is 7.00. The zero-order chi connectivity index (χ0) is 14.3. The molecule has 7 heteroatoms. The van der Waals surface area contributed by atoms with E-state index < -0.39 is 18.7 Å². The molecule has 3 aliphatic rings. The van der Waals surface area contributed by atoms with Crippen LogP contribution in [0.15, 0.2) is 0 Å². The van der Waals surface area contributed by atoms with E-state index in [1.54, 1.807) is 7.11 Å². The van der Waals surface area contributed by atoms with Crippen LogP contribution in [0, 0.1) is 0 Å². The van der Waals surface area contributed by atoms with E-state index in [1.165, 1.54) is 0 Å². The minimum absolute atomic E-state index is 0.235. The van der Waals surface area contributed by atoms with Crippen molar-refractivity contribution in [3.05, 3.63) is 0 Å². The van der Waals surface area contributed by atoms with Gasteiger partial charge in [-0.25, -0.2) is 0 Å². The van der Waals surface area contributed by atoms with Gasteiger partial charge >= 0.3 is 0 Å². The molecule has 3 unspecified atom stereocenters. The van der Waals surface area contributed by atoms with E-state index in [-0.39, 0.29) is 30.9 Å². The molecule has 0 spiro atoms. The predicted octanol–water partition coefficient (Wildman–Crippen LogP) is 0.612. The molecule has 0 saturated carbocycles. The van der Waals surface area contributed by atoms with Crippen LogP contribution >= 0.6 is 0 Å². The molecule has 0 N–H and O–H groups in total. The molecular weight excluding hydrogens is 268 g/mol. The maximum Gasteiger partial charge on any atom is 0.186 e. The van der Waals surface area contributed by atoms with Crippen LogP contribution in [0.4, 0.5) is 0 Å². The summed E-state index contributed by atoms with van der Waals surface area (Å²) in [5, 5.41) is 0. The van der Waals surface area contributed by atoms with Crippen LogP contribution in [0.2, 0.25) is 0 Å². The summed E-state index contributed by atoms with van der Waals surface area (Å²) in [6.07, 6.45) is -2.80. The highest BCUT2D eigenvalue weighted by molar-refractivity contribution is 4.95. The van der Waals surface area contributed by atoms with Gasteiger partial charge in [0.1, 0.15) is 24.4 Å². The molecule has 0 bridgehead atoms. The fourth-order valence-corrected chi connectivity index (χ4v) is 2.93. The molecule has 0 radical (unpaired) electrons. The first-order chi connectivity index (χ1) is 9.58. The van der Waals surface area contributed by atoms with Gasteiger partial charge < -0.3 is 33.2 Å². The van der Waals surface area contributed by atoms with Crippen molar-refractivity contribution in [1.29, 1.82) is 0 Å². The highest BCUT2D eigenvalue weighted by atomic mass is 16.8. The Labute approximate surface area is 118 Å². The van der Waals surface area contributed by atoms with E-state index in [1.807, 2.05) is 20.8 Å². The van der Waals surface area contributed by atoms with Crippen molar-refractivity contribution in [3.8, 4) is 0 Å². The maximum absolute atomic E-state index is 5.95. The van der Waals surface area contributed by atoms with Gasteiger partial charge in [0.2, 0.25) is 0 Å². The van der Waals surface area contributed by atoms with E-state index in [4.69, 9.17) is 33.2 Å². The highest BCUT2D eigenvalue weighted by Crippen LogP contribution is 2.34. The second kappa shape index (κ2) is 5.84. The van der Waals surface area contributed by atoms with Crippen LogP contribution in [0.1, 0.15) is 20.8 Å². The Morgan fingerprint density at radius 2 is 1.40 bits per heavy atom. The summed E-state index contributed by atoms with van der Waals surface area (Å²) in [6.45, 7) is 5.97. The second-order valence-electron chi connectivity index (χ2n) is 5.25. The largest absolute Gasteiger partial charge is 0.353 e. The fourth-order valence-electron chi connectivity index (χ4n) is 2.93. The average molecular weight is 290 g/mol. The molecule has 116 valence electrons. The summed E-state index contributed by atoms with van der Waals surface area (Å²) < 4.78 is 39.9. The Hall–Kier alpha value is -0.280. The summed E-state index contributed by atoms with van der Waals surface area (Å²) >= 11 is 0. The third kappa shape index (κ3) is 2.71. The zero-order valence-corrected chi connectivity index (χ0v) is 12.2. The normalized spacial score (nSPS) is 52.8. The minimum Gasteiger partial charge on any atom is -0.353 e. The fraction of sp³-hybridized carbons (Fsp3) is 1.00. The van der Waals surface area contributed by atoms with Gasteiger partial charge in [-0.3, -0.25) is 0 Å². The minimum atomic E-state index is -0.529. The van der Waals surface area contributed by atoms with Crippen molar-refractivity contribution in [2.24, 2.45) is 0 Å². The van der Waals surface area contributed by atoms with E-state index >= 15 is 0 Å². The Morgan fingerprint density at radius 3 is 2.10 bits per heavy atom. The Balaban J connectivity index is 1.84. The van der Waals surface area contributed by atoms with Crippen LogP contribution in [0.3, 0.4) is 0 Å². The Morgan fingerprint density at radius 1 is 0.750 bits per heavy atom. The SMILES string of the molecule is CO[C@H]1O[C@@H]2COC(C)O[C@H]2[C@@H]2OC(C)OC(C)O[C@@H]12. The third-order valence-corrected chi connectivity index (χ3v) is 3.75. The van der Waals surface area contributed by atoms with Gasteiger partial charge in [0.25, 0.3) is 0 Å². The second-order valence-corrected chi connectivity index (χ2v) is 5.25. The van der Waals surface area contributed by atoms with Crippen molar-refractivity contribution < 1.29 is 33.2 Å². The average Bonchev–Trinajstić information content (AvgIpc) is 2.55. The highest BCUT2D eigenvalue weighted by Gasteiger charge is 2.53. The summed E-state index contributed by atoms with van der Waals surface area (Å²) in [5.41, 5.74) is 0. The summed E-state index contributed by atoms with van der Waals surface area (Å²) in [5.74, 6) is 0. The van der Waals surface area contributed by atoms with Crippen LogP contribution in [-0.4, -0.2) is 63.3 Å². The molecule has 8 atom stereocenters. The zero-order valence-electron chi connectivity index (χ0n) is 12.2. The van der Waals surface area contributed by atoms with Gasteiger partial charge in [-0.2, -0.15) is 0 Å². The molecule has 0 aliphatic carbocycles. The van der Waals surface area contributed by atoms with Crippen LogP contribution in [-0.2, 0) is 33.2 Å². The van der Waals surface area contributed by atoms with Gasteiger partial charge in [0, 0.05) is 7.11 Å². The number of ether oxygens (including phenoxy) is 7. The number of fused-ring (bicyclic) bond motifs is 3. The van der Waals surface area contributed by atoms with Crippen molar-refractivity contribution in [3.63, 3.8) is 0 Å². The first-order valence-electron chi connectivity index (χ1n) is 7.00. The number of methoxy groups -OCH3 is 1. The summed E-state index contributed by atoms with van der Waals surface area (Å²) in [6, 6.07) is 0. The van der Waals surface area contributed by atoms with Gasteiger partial charge in [-0.1, -0.05) is 0 Å². The number of hydrogen-bond donors (Lipinski definition) is 0. The van der Waals surface area contributed by atoms with E-state index in [0.29, 0.717) is 6.61 Å². The Kier molecular flexibility index (Phi) is 4.28. The van der Waals surface area contributed by atoms with Crippen LogP contribution in [0.25, 0.3) is 0 Å². The molecule has 20 heavy (non-hydrogen) atoms. The van der Waals surface area contributed by atoms with Crippen molar-refractivity contribution in [2.75, 3.05) is 13.7 Å². The van der Waals surface area contributed by atoms with Crippen LogP contribution < -0.4 is 0 Å². The van der Waals surface area contributed by atoms with Gasteiger partial charge in [0.05, 0.1) is 6.61 Å². The molecule has 3 rings (SSSR count). The van der Waals surface area contributed by atoms with Gasteiger partial charge in [0.15, 0.2) is 25.2 Å². The Bertz CT molecular complexity index is 339. The molecule has 3 heterocycles. The lowest BCUT2D eigenvalue weighted by molar-refractivity contribution is -0.361. The topological polar surface area (TPSA) is 64.6 Å². The first kappa shape index (κ1) is 14.6. The molecular formula is C13H22O7. The lowest BCUT2D eigenvalue weighted by Crippen LogP contribution is -2.64. The molecule has 7 nitrogen and oxygen atoms in total. The molecule has 0 amide bonds. The quantitative estimate of drug-likeness (QED) is 0.701. The molecule has 3 fully saturated rings. The summed E-state index contributed by atoms with van der Waals surface area (Å²) in [4.78, 5) is 0. The van der Waals surface area contributed by atoms with Crippen molar-refractivity contribution in [2.45, 2.75) is 70.3 Å². The van der Waals surface area contributed by atoms with Crippen LogP contribution in [0.5, 0.6) is 0 Å². The molecule has 3 saturated heterocycles.